The van der Waals surface area contributed by atoms with E-state index < -0.39 is 0 Å². The number of rotatable bonds is 3. The zero-order chi connectivity index (χ0) is 13.1. The molecule has 7 heteroatoms. The number of amides is 1. The summed E-state index contributed by atoms with van der Waals surface area (Å²) in [6.45, 7) is 4.35. The molecular formula is C12H14N4OS2. The molecule has 0 aromatic carbocycles. The van der Waals surface area contributed by atoms with Crippen LogP contribution in [0.25, 0.3) is 0 Å². The molecule has 100 valence electrons. The van der Waals surface area contributed by atoms with Crippen molar-refractivity contribution in [3.63, 3.8) is 0 Å². The van der Waals surface area contributed by atoms with Gasteiger partial charge in [-0.2, -0.15) is 8.75 Å². The second-order valence-electron chi connectivity index (χ2n) is 4.44. The van der Waals surface area contributed by atoms with Gasteiger partial charge in [-0.05, 0) is 11.4 Å². The number of hydrogen-bond acceptors (Lipinski definition) is 6. The Labute approximate surface area is 119 Å². The third kappa shape index (κ3) is 2.99. The highest BCUT2D eigenvalue weighted by Crippen LogP contribution is 2.14. The lowest BCUT2D eigenvalue weighted by molar-refractivity contribution is 0.0625. The average molecular weight is 294 g/mol. The number of nitrogens with zero attached hydrogens (tertiary/aromatic N) is 4. The Morgan fingerprint density at radius 3 is 2.79 bits per heavy atom. The van der Waals surface area contributed by atoms with Crippen LogP contribution in [-0.2, 0) is 6.54 Å². The second-order valence-corrected chi connectivity index (χ2v) is 6.03. The monoisotopic (exact) mass is 294 g/mol. The lowest BCUT2D eigenvalue weighted by Crippen LogP contribution is -2.48. The summed E-state index contributed by atoms with van der Waals surface area (Å²) in [4.78, 5) is 17.7. The van der Waals surface area contributed by atoms with Crippen LogP contribution in [0.15, 0.2) is 23.7 Å². The smallest absolute Gasteiger partial charge is 0.275 e. The van der Waals surface area contributed by atoms with Crippen LogP contribution in [0.1, 0.15) is 15.4 Å². The quantitative estimate of drug-likeness (QED) is 0.862. The van der Waals surface area contributed by atoms with E-state index in [1.54, 1.807) is 17.5 Å². The highest BCUT2D eigenvalue weighted by molar-refractivity contribution is 7.09. The van der Waals surface area contributed by atoms with Crippen molar-refractivity contribution >= 4 is 29.0 Å². The Hall–Kier alpha value is -1.31. The molecule has 3 rings (SSSR count). The van der Waals surface area contributed by atoms with Crippen LogP contribution in [-0.4, -0.2) is 50.6 Å². The molecule has 0 N–H and O–H groups in total. The van der Waals surface area contributed by atoms with Gasteiger partial charge in [-0.3, -0.25) is 9.69 Å². The molecule has 0 unspecified atom stereocenters. The lowest BCUT2D eigenvalue weighted by Gasteiger charge is -2.34. The molecule has 1 saturated heterocycles. The van der Waals surface area contributed by atoms with E-state index in [4.69, 9.17) is 0 Å². The topological polar surface area (TPSA) is 49.3 Å². The van der Waals surface area contributed by atoms with Crippen LogP contribution < -0.4 is 0 Å². The van der Waals surface area contributed by atoms with Gasteiger partial charge < -0.3 is 4.90 Å². The van der Waals surface area contributed by atoms with Gasteiger partial charge in [0, 0.05) is 37.6 Å². The van der Waals surface area contributed by atoms with Gasteiger partial charge in [0.15, 0.2) is 5.69 Å². The van der Waals surface area contributed by atoms with Crippen molar-refractivity contribution in [3.05, 3.63) is 34.3 Å². The number of piperazine rings is 1. The fourth-order valence-corrected chi connectivity index (χ4v) is 3.31. The lowest BCUT2D eigenvalue weighted by atomic mass is 10.2. The van der Waals surface area contributed by atoms with Gasteiger partial charge in [0.2, 0.25) is 0 Å². The van der Waals surface area contributed by atoms with Gasteiger partial charge in [-0.25, -0.2) is 0 Å². The molecule has 2 aromatic heterocycles. The summed E-state index contributed by atoms with van der Waals surface area (Å²) in [5, 5.41) is 2.10. The first-order valence-corrected chi connectivity index (χ1v) is 7.75. The van der Waals surface area contributed by atoms with Crippen molar-refractivity contribution in [3.8, 4) is 0 Å². The average Bonchev–Trinajstić information content (AvgIpc) is 3.12. The largest absolute Gasteiger partial charge is 0.335 e. The number of hydrogen-bond donors (Lipinski definition) is 0. The first-order valence-electron chi connectivity index (χ1n) is 6.14. The molecule has 5 nitrogen and oxygen atoms in total. The molecular weight excluding hydrogens is 280 g/mol. The van der Waals surface area contributed by atoms with Gasteiger partial charge in [-0.1, -0.05) is 6.07 Å². The highest BCUT2D eigenvalue weighted by atomic mass is 32.1. The Morgan fingerprint density at radius 1 is 1.32 bits per heavy atom. The van der Waals surface area contributed by atoms with E-state index in [-0.39, 0.29) is 5.91 Å². The third-order valence-electron chi connectivity index (χ3n) is 3.20. The first-order chi connectivity index (χ1) is 9.33. The summed E-state index contributed by atoms with van der Waals surface area (Å²) in [5.41, 5.74) is 0.469. The van der Waals surface area contributed by atoms with Gasteiger partial charge >= 0.3 is 0 Å². The number of carbonyl (C=O) groups excluding carboxylic acids is 1. The number of carbonyl (C=O) groups is 1. The van der Waals surface area contributed by atoms with E-state index in [2.05, 4.69) is 31.2 Å². The van der Waals surface area contributed by atoms with Crippen LogP contribution in [0.4, 0.5) is 0 Å². The van der Waals surface area contributed by atoms with Crippen LogP contribution in [0.5, 0.6) is 0 Å². The maximum absolute atomic E-state index is 12.1. The maximum atomic E-state index is 12.1. The van der Waals surface area contributed by atoms with Crippen LogP contribution >= 0.6 is 23.1 Å². The molecule has 1 aliphatic rings. The van der Waals surface area contributed by atoms with Crippen molar-refractivity contribution < 1.29 is 4.79 Å². The zero-order valence-corrected chi connectivity index (χ0v) is 12.0. The summed E-state index contributed by atoms with van der Waals surface area (Å²) < 4.78 is 7.88. The Balaban J connectivity index is 1.53. The molecule has 2 aromatic rings. The predicted octanol–water partition coefficient (Wildman–Crippen LogP) is 1.56. The summed E-state index contributed by atoms with van der Waals surface area (Å²) >= 11 is 2.86. The molecule has 0 radical (unpaired) electrons. The highest BCUT2D eigenvalue weighted by Gasteiger charge is 2.23. The van der Waals surface area contributed by atoms with Gasteiger partial charge in [0.05, 0.1) is 17.9 Å². The van der Waals surface area contributed by atoms with Gasteiger partial charge in [0.25, 0.3) is 5.91 Å². The molecule has 1 aliphatic heterocycles. The van der Waals surface area contributed by atoms with Crippen molar-refractivity contribution in [2.75, 3.05) is 26.2 Å². The normalized spacial score (nSPS) is 16.7. The number of aromatic nitrogens is 2. The van der Waals surface area contributed by atoms with E-state index in [9.17, 15) is 4.79 Å². The molecule has 0 spiro atoms. The Kier molecular flexibility index (Phi) is 3.86. The molecule has 0 bridgehead atoms. The third-order valence-corrected chi connectivity index (χ3v) is 4.54. The first kappa shape index (κ1) is 12.7. The van der Waals surface area contributed by atoms with E-state index in [1.165, 1.54) is 4.88 Å². The zero-order valence-electron chi connectivity index (χ0n) is 10.4. The summed E-state index contributed by atoms with van der Waals surface area (Å²) in [7, 11) is 0. The molecule has 3 heterocycles. The fourth-order valence-electron chi connectivity index (χ4n) is 2.15. The van der Waals surface area contributed by atoms with Crippen molar-refractivity contribution in [2.24, 2.45) is 0 Å². The van der Waals surface area contributed by atoms with E-state index in [1.807, 2.05) is 4.90 Å². The Morgan fingerprint density at radius 2 is 2.16 bits per heavy atom. The fraction of sp³-hybridized carbons (Fsp3) is 0.417. The maximum Gasteiger partial charge on any atom is 0.275 e. The van der Waals surface area contributed by atoms with Crippen LogP contribution in [0, 0.1) is 0 Å². The van der Waals surface area contributed by atoms with Crippen molar-refractivity contribution in [1.82, 2.24) is 18.5 Å². The predicted molar refractivity (Wildman–Crippen MR) is 75.4 cm³/mol. The minimum Gasteiger partial charge on any atom is -0.335 e. The minimum absolute atomic E-state index is 0.00419. The second kappa shape index (κ2) is 5.77. The van der Waals surface area contributed by atoms with Crippen molar-refractivity contribution in [1.29, 1.82) is 0 Å². The number of thiophene rings is 1. The molecule has 0 aliphatic carbocycles. The Bertz CT molecular complexity index is 518. The molecule has 19 heavy (non-hydrogen) atoms. The summed E-state index contributed by atoms with van der Waals surface area (Å²) in [6, 6.07) is 4.23. The minimum atomic E-state index is 0.00419. The molecule has 1 fully saturated rings. The SMILES string of the molecule is O=C(c1cnsn1)N1CCN(Cc2cccs2)CC1. The van der Waals surface area contributed by atoms with E-state index in [0.29, 0.717) is 5.69 Å². The molecule has 0 atom stereocenters. The van der Waals surface area contributed by atoms with E-state index >= 15 is 0 Å². The van der Waals surface area contributed by atoms with Gasteiger partial charge in [-0.15, -0.1) is 11.3 Å². The summed E-state index contributed by atoms with van der Waals surface area (Å²) in [5.74, 6) is 0.00419. The van der Waals surface area contributed by atoms with Gasteiger partial charge in [0.1, 0.15) is 0 Å². The summed E-state index contributed by atoms with van der Waals surface area (Å²) in [6.07, 6.45) is 1.55. The van der Waals surface area contributed by atoms with E-state index in [0.717, 1.165) is 44.5 Å². The standard InChI is InChI=1S/C12H14N4OS2/c17-12(11-8-13-19-14-11)16-5-3-15(4-6-16)9-10-2-1-7-18-10/h1-2,7-8H,3-6,9H2. The molecule has 1 amide bonds. The van der Waals surface area contributed by atoms with Crippen molar-refractivity contribution in [2.45, 2.75) is 6.54 Å². The van der Waals surface area contributed by atoms with Crippen LogP contribution in [0.3, 0.4) is 0 Å². The van der Waals surface area contributed by atoms with Crippen LogP contribution in [0.2, 0.25) is 0 Å². The molecule has 0 saturated carbocycles.